The first kappa shape index (κ1) is 22.0. The first-order chi connectivity index (χ1) is 16.9. The van der Waals surface area contributed by atoms with E-state index in [1.807, 2.05) is 30.3 Å². The number of rotatable bonds is 3. The van der Waals surface area contributed by atoms with Crippen molar-refractivity contribution in [1.29, 1.82) is 0 Å². The molecule has 3 aromatic carbocycles. The van der Waals surface area contributed by atoms with Crippen LogP contribution in [-0.4, -0.2) is 34.3 Å². The quantitative estimate of drug-likeness (QED) is 0.371. The van der Waals surface area contributed by atoms with Gasteiger partial charge in [0.05, 0.1) is 23.2 Å². The highest BCUT2D eigenvalue weighted by Crippen LogP contribution is 2.45. The number of para-hydroxylation sites is 1. The molecule has 1 N–H and O–H groups in total. The molecule has 2 amide bonds. The van der Waals surface area contributed by atoms with Gasteiger partial charge in [-0.15, -0.1) is 0 Å². The Balaban J connectivity index is 1.42. The number of nitrogens with zero attached hydrogens (tertiary/aromatic N) is 2. The summed E-state index contributed by atoms with van der Waals surface area (Å²) < 4.78 is 13.7. The molecule has 3 unspecified atom stereocenters. The average Bonchev–Trinajstić information content (AvgIpc) is 3.39. The number of aromatic amines is 1. The number of hydrogen-bond donors (Lipinski definition) is 1. The van der Waals surface area contributed by atoms with Crippen LogP contribution < -0.4 is 4.90 Å². The summed E-state index contributed by atoms with van der Waals surface area (Å²) in [7, 11) is 0. The molecule has 6 rings (SSSR count). The van der Waals surface area contributed by atoms with Crippen LogP contribution in [0.15, 0.2) is 72.8 Å². The third kappa shape index (κ3) is 3.48. The summed E-state index contributed by atoms with van der Waals surface area (Å²) in [5.74, 6) is -1.17. The van der Waals surface area contributed by atoms with Crippen molar-refractivity contribution in [3.8, 4) is 0 Å². The summed E-state index contributed by atoms with van der Waals surface area (Å²) in [6, 6.07) is 21.7. The van der Waals surface area contributed by atoms with Crippen LogP contribution in [0.2, 0.25) is 5.02 Å². The van der Waals surface area contributed by atoms with E-state index in [9.17, 15) is 14.0 Å². The molecular formula is C28H23ClFN3O2. The van der Waals surface area contributed by atoms with E-state index in [1.165, 1.54) is 29.1 Å². The number of hydrogen-bond acceptors (Lipinski definition) is 3. The molecule has 7 heteroatoms. The van der Waals surface area contributed by atoms with Gasteiger partial charge < -0.3 is 4.98 Å². The molecular weight excluding hydrogens is 465 g/mol. The maximum atomic E-state index is 13.7. The molecule has 0 aliphatic carbocycles. The first-order valence-corrected chi connectivity index (χ1v) is 12.0. The van der Waals surface area contributed by atoms with E-state index in [1.54, 1.807) is 0 Å². The maximum absolute atomic E-state index is 13.7. The predicted octanol–water partition coefficient (Wildman–Crippen LogP) is 5.80. The van der Waals surface area contributed by atoms with Gasteiger partial charge in [0, 0.05) is 35.1 Å². The number of fused-ring (bicyclic) bond motifs is 3. The molecule has 1 fully saturated rings. The van der Waals surface area contributed by atoms with Crippen molar-refractivity contribution in [1.82, 2.24) is 9.88 Å². The number of amides is 2. The maximum Gasteiger partial charge on any atom is 0.251 e. The SMILES string of the molecule is CC1c2[nH]c3ccccc3c2C(c2ccccc2)CN1C1CC(=O)N(c2ccc(F)c(Cl)c2)C1=O. The number of aromatic nitrogens is 1. The lowest BCUT2D eigenvalue weighted by atomic mass is 9.83. The van der Waals surface area contributed by atoms with Gasteiger partial charge in [-0.25, -0.2) is 9.29 Å². The summed E-state index contributed by atoms with van der Waals surface area (Å²) in [6.45, 7) is 2.67. The lowest BCUT2D eigenvalue weighted by Gasteiger charge is -2.40. The van der Waals surface area contributed by atoms with Crippen molar-refractivity contribution in [2.75, 3.05) is 11.4 Å². The number of carbonyl (C=O) groups is 2. The van der Waals surface area contributed by atoms with Gasteiger partial charge in [-0.3, -0.25) is 14.5 Å². The highest BCUT2D eigenvalue weighted by Gasteiger charge is 2.47. The van der Waals surface area contributed by atoms with E-state index in [2.05, 4.69) is 41.1 Å². The van der Waals surface area contributed by atoms with Crippen LogP contribution in [0.4, 0.5) is 10.1 Å². The number of anilines is 1. The van der Waals surface area contributed by atoms with Gasteiger partial charge in [-0.05, 0) is 42.3 Å². The third-order valence-corrected chi connectivity index (χ3v) is 7.61. The fourth-order valence-corrected chi connectivity index (χ4v) is 5.82. The van der Waals surface area contributed by atoms with Gasteiger partial charge >= 0.3 is 0 Å². The topological polar surface area (TPSA) is 56.4 Å². The first-order valence-electron chi connectivity index (χ1n) is 11.7. The molecule has 35 heavy (non-hydrogen) atoms. The molecule has 1 saturated heterocycles. The van der Waals surface area contributed by atoms with Crippen molar-refractivity contribution in [3.63, 3.8) is 0 Å². The van der Waals surface area contributed by atoms with Crippen molar-refractivity contribution in [3.05, 3.63) is 100 Å². The van der Waals surface area contributed by atoms with Crippen LogP contribution >= 0.6 is 11.6 Å². The monoisotopic (exact) mass is 487 g/mol. The second kappa shape index (κ2) is 8.33. The number of benzene rings is 3. The molecule has 3 atom stereocenters. The minimum atomic E-state index is -0.618. The van der Waals surface area contributed by atoms with Crippen LogP contribution in [0, 0.1) is 5.82 Å². The van der Waals surface area contributed by atoms with Crippen molar-refractivity contribution >= 4 is 40.0 Å². The number of halogens is 2. The Labute approximate surface area is 207 Å². The van der Waals surface area contributed by atoms with Crippen molar-refractivity contribution in [2.45, 2.75) is 31.3 Å². The van der Waals surface area contributed by atoms with E-state index < -0.39 is 11.9 Å². The largest absolute Gasteiger partial charge is 0.357 e. The fourth-order valence-electron chi connectivity index (χ4n) is 5.64. The van der Waals surface area contributed by atoms with Gasteiger partial charge in [0.2, 0.25) is 5.91 Å². The zero-order valence-electron chi connectivity index (χ0n) is 19.0. The number of imide groups is 1. The highest BCUT2D eigenvalue weighted by molar-refractivity contribution is 6.31. The Kier molecular flexibility index (Phi) is 5.24. The molecule has 176 valence electrons. The molecule has 0 radical (unpaired) electrons. The number of nitrogens with one attached hydrogen (secondary N) is 1. The molecule has 1 aromatic heterocycles. The lowest BCUT2D eigenvalue weighted by molar-refractivity contribution is -0.123. The smallest absolute Gasteiger partial charge is 0.251 e. The molecule has 0 spiro atoms. The van der Waals surface area contributed by atoms with E-state index in [0.29, 0.717) is 12.2 Å². The van der Waals surface area contributed by atoms with E-state index in [4.69, 9.17) is 11.6 Å². The van der Waals surface area contributed by atoms with E-state index in [-0.39, 0.29) is 35.2 Å². The Morgan fingerprint density at radius 2 is 1.74 bits per heavy atom. The summed E-state index contributed by atoms with van der Waals surface area (Å²) in [6.07, 6.45) is 0.0647. The fraction of sp³-hybridized carbons (Fsp3) is 0.214. The Hall–Kier alpha value is -3.48. The predicted molar refractivity (Wildman–Crippen MR) is 134 cm³/mol. The van der Waals surface area contributed by atoms with Gasteiger partial charge in [-0.1, -0.05) is 60.1 Å². The summed E-state index contributed by atoms with van der Waals surface area (Å²) in [5, 5.41) is 1.06. The average molecular weight is 488 g/mol. The molecule has 0 bridgehead atoms. The zero-order chi connectivity index (χ0) is 24.3. The van der Waals surface area contributed by atoms with Gasteiger partial charge in [0.15, 0.2) is 0 Å². The van der Waals surface area contributed by atoms with Crippen LogP contribution in [0.25, 0.3) is 10.9 Å². The van der Waals surface area contributed by atoms with Crippen LogP contribution in [0.3, 0.4) is 0 Å². The van der Waals surface area contributed by atoms with Crippen molar-refractivity contribution in [2.24, 2.45) is 0 Å². The Morgan fingerprint density at radius 1 is 1.00 bits per heavy atom. The lowest BCUT2D eigenvalue weighted by Crippen LogP contribution is -2.47. The Morgan fingerprint density at radius 3 is 2.51 bits per heavy atom. The number of H-pyrrole nitrogens is 1. The zero-order valence-corrected chi connectivity index (χ0v) is 19.8. The molecule has 4 aromatic rings. The second-order valence-electron chi connectivity index (χ2n) is 9.22. The van der Waals surface area contributed by atoms with Crippen LogP contribution in [0.1, 0.15) is 42.1 Å². The molecule has 5 nitrogen and oxygen atoms in total. The van der Waals surface area contributed by atoms with Crippen LogP contribution in [-0.2, 0) is 9.59 Å². The second-order valence-corrected chi connectivity index (χ2v) is 9.63. The molecule has 2 aliphatic rings. The summed E-state index contributed by atoms with van der Waals surface area (Å²) in [4.78, 5) is 33.5. The molecule has 0 saturated carbocycles. The summed E-state index contributed by atoms with van der Waals surface area (Å²) >= 11 is 5.94. The molecule has 3 heterocycles. The summed E-state index contributed by atoms with van der Waals surface area (Å²) in [5.41, 5.74) is 4.83. The standard InChI is InChI=1S/C28H23ClFN3O2/c1-16-27-26(19-9-5-6-10-23(19)31-27)20(17-7-3-2-4-8-17)15-32(16)24-14-25(34)33(28(24)35)18-11-12-22(30)21(29)13-18/h2-13,16,20,24,31H,14-15H2,1H3. The van der Waals surface area contributed by atoms with Gasteiger partial charge in [0.1, 0.15) is 5.82 Å². The highest BCUT2D eigenvalue weighted by atomic mass is 35.5. The van der Waals surface area contributed by atoms with Gasteiger partial charge in [0.25, 0.3) is 5.91 Å². The normalized spacial score (nSPS) is 22.7. The number of carbonyl (C=O) groups excluding carboxylic acids is 2. The minimum absolute atomic E-state index is 0.0377. The third-order valence-electron chi connectivity index (χ3n) is 7.32. The minimum Gasteiger partial charge on any atom is -0.357 e. The Bertz CT molecular complexity index is 1470. The van der Waals surface area contributed by atoms with Crippen LogP contribution in [0.5, 0.6) is 0 Å². The molecule has 2 aliphatic heterocycles. The van der Waals surface area contributed by atoms with Gasteiger partial charge in [-0.2, -0.15) is 0 Å². The van der Waals surface area contributed by atoms with E-state index in [0.717, 1.165) is 21.7 Å². The van der Waals surface area contributed by atoms with Crippen molar-refractivity contribution < 1.29 is 14.0 Å². The van der Waals surface area contributed by atoms with E-state index >= 15 is 0 Å².